The zero-order valence-corrected chi connectivity index (χ0v) is 11.3. The highest BCUT2D eigenvalue weighted by atomic mass is 19.1. The van der Waals surface area contributed by atoms with Gasteiger partial charge < -0.3 is 14.6 Å². The molecular weight excluding hydrogens is 243 g/mol. The lowest BCUT2D eigenvalue weighted by Gasteiger charge is -2.22. The molecule has 0 spiro atoms. The van der Waals surface area contributed by atoms with E-state index in [1.165, 1.54) is 6.07 Å². The summed E-state index contributed by atoms with van der Waals surface area (Å²) < 4.78 is 19.4. The Morgan fingerprint density at radius 1 is 1.26 bits per heavy atom. The van der Waals surface area contributed by atoms with Crippen molar-refractivity contribution < 1.29 is 8.81 Å². The second-order valence-electron chi connectivity index (χ2n) is 4.46. The Labute approximate surface area is 113 Å². The summed E-state index contributed by atoms with van der Waals surface area (Å²) in [5, 5.41) is 3.23. The summed E-state index contributed by atoms with van der Waals surface area (Å²) in [6.45, 7) is 4.10. The average molecular weight is 262 g/mol. The summed E-state index contributed by atoms with van der Waals surface area (Å²) in [6.07, 6.45) is 1.63. The van der Waals surface area contributed by atoms with Crippen molar-refractivity contribution in [3.8, 4) is 0 Å². The second-order valence-corrected chi connectivity index (χ2v) is 4.46. The number of hydrogen-bond donors (Lipinski definition) is 1. The van der Waals surface area contributed by atoms with Gasteiger partial charge in [0.2, 0.25) is 0 Å². The van der Waals surface area contributed by atoms with Crippen LogP contribution in [0.2, 0.25) is 0 Å². The lowest BCUT2D eigenvalue weighted by atomic mass is 10.1. The van der Waals surface area contributed by atoms with E-state index in [9.17, 15) is 4.39 Å². The number of anilines is 1. The van der Waals surface area contributed by atoms with Gasteiger partial charge in [-0.2, -0.15) is 0 Å². The van der Waals surface area contributed by atoms with E-state index >= 15 is 0 Å². The number of hydrogen-bond acceptors (Lipinski definition) is 3. The lowest BCUT2D eigenvalue weighted by molar-refractivity contribution is 0.505. The van der Waals surface area contributed by atoms with Crippen LogP contribution in [0.4, 0.5) is 10.1 Å². The molecule has 0 atom stereocenters. The van der Waals surface area contributed by atoms with Crippen molar-refractivity contribution in [3.05, 3.63) is 53.7 Å². The maximum atomic E-state index is 14.1. The smallest absolute Gasteiger partial charge is 0.146 e. The van der Waals surface area contributed by atoms with E-state index in [0.29, 0.717) is 18.8 Å². The minimum atomic E-state index is -0.204. The molecule has 0 unspecified atom stereocenters. The van der Waals surface area contributed by atoms with Crippen LogP contribution < -0.4 is 10.2 Å². The molecule has 102 valence electrons. The molecule has 1 N–H and O–H groups in total. The van der Waals surface area contributed by atoms with Gasteiger partial charge in [0.15, 0.2) is 0 Å². The number of furan rings is 1. The first-order valence-corrected chi connectivity index (χ1v) is 6.44. The number of rotatable bonds is 6. The molecule has 0 aliphatic carbocycles. The maximum absolute atomic E-state index is 14.1. The van der Waals surface area contributed by atoms with Gasteiger partial charge in [-0.1, -0.05) is 19.1 Å². The van der Waals surface area contributed by atoms with Crippen molar-refractivity contribution in [1.29, 1.82) is 0 Å². The summed E-state index contributed by atoms with van der Waals surface area (Å²) in [4.78, 5) is 1.88. The van der Waals surface area contributed by atoms with Crippen LogP contribution in [0.5, 0.6) is 0 Å². The van der Waals surface area contributed by atoms with Crippen LogP contribution in [0, 0.1) is 5.82 Å². The molecule has 4 heteroatoms. The minimum absolute atomic E-state index is 0.204. The molecular formula is C15H19FN2O. The Balaban J connectivity index is 2.21. The first-order valence-electron chi connectivity index (χ1n) is 6.44. The summed E-state index contributed by atoms with van der Waals surface area (Å²) in [6, 6.07) is 8.90. The van der Waals surface area contributed by atoms with Gasteiger partial charge >= 0.3 is 0 Å². The Hall–Kier alpha value is -1.81. The Morgan fingerprint density at radius 2 is 2.11 bits per heavy atom. The summed E-state index contributed by atoms with van der Waals surface area (Å²) >= 11 is 0. The van der Waals surface area contributed by atoms with Gasteiger partial charge in [-0.25, -0.2) is 4.39 Å². The van der Waals surface area contributed by atoms with Crippen LogP contribution in [0.25, 0.3) is 0 Å². The van der Waals surface area contributed by atoms with Crippen LogP contribution in [0.1, 0.15) is 18.2 Å². The van der Waals surface area contributed by atoms with Crippen molar-refractivity contribution in [3.63, 3.8) is 0 Å². The van der Waals surface area contributed by atoms with Crippen molar-refractivity contribution in [2.24, 2.45) is 0 Å². The van der Waals surface area contributed by atoms with Crippen molar-refractivity contribution in [1.82, 2.24) is 5.32 Å². The van der Waals surface area contributed by atoms with Crippen LogP contribution >= 0.6 is 0 Å². The Kier molecular flexibility index (Phi) is 4.58. The summed E-state index contributed by atoms with van der Waals surface area (Å²) in [7, 11) is 1.87. The number of benzene rings is 1. The quantitative estimate of drug-likeness (QED) is 0.866. The first kappa shape index (κ1) is 13.6. The maximum Gasteiger partial charge on any atom is 0.146 e. The third kappa shape index (κ3) is 3.35. The van der Waals surface area contributed by atoms with Crippen molar-refractivity contribution in [2.75, 3.05) is 18.5 Å². The molecule has 2 aromatic rings. The minimum Gasteiger partial charge on any atom is -0.467 e. The molecule has 0 amide bonds. The number of nitrogens with zero attached hydrogens (tertiary/aromatic N) is 1. The second kappa shape index (κ2) is 6.38. The molecule has 1 heterocycles. The Bertz CT molecular complexity index is 511. The van der Waals surface area contributed by atoms with Crippen LogP contribution in [0.15, 0.2) is 41.0 Å². The van der Waals surface area contributed by atoms with Gasteiger partial charge in [-0.05, 0) is 30.3 Å². The molecule has 1 aromatic carbocycles. The molecule has 0 aliphatic heterocycles. The topological polar surface area (TPSA) is 28.4 Å². The summed E-state index contributed by atoms with van der Waals surface area (Å²) in [5.74, 6) is 0.615. The largest absolute Gasteiger partial charge is 0.467 e. The lowest BCUT2D eigenvalue weighted by Crippen LogP contribution is -2.21. The van der Waals surface area contributed by atoms with E-state index < -0.39 is 0 Å². The number of halogens is 1. The van der Waals surface area contributed by atoms with E-state index in [1.54, 1.807) is 12.3 Å². The monoisotopic (exact) mass is 262 g/mol. The standard InChI is InChI=1S/C15H19FN2O/c1-3-17-10-12-6-4-8-14(16)15(12)18(2)11-13-7-5-9-19-13/h4-9,17H,3,10-11H2,1-2H3. The number of para-hydroxylation sites is 1. The molecule has 0 saturated carbocycles. The normalized spacial score (nSPS) is 10.7. The fraction of sp³-hybridized carbons (Fsp3) is 0.333. The molecule has 3 nitrogen and oxygen atoms in total. The Morgan fingerprint density at radius 3 is 2.79 bits per heavy atom. The van der Waals surface area contributed by atoms with Crippen LogP contribution in [-0.2, 0) is 13.1 Å². The van der Waals surface area contributed by atoms with E-state index in [4.69, 9.17) is 4.42 Å². The van der Waals surface area contributed by atoms with Gasteiger partial charge in [0, 0.05) is 13.6 Å². The van der Waals surface area contributed by atoms with Gasteiger partial charge in [0.25, 0.3) is 0 Å². The van der Waals surface area contributed by atoms with Crippen molar-refractivity contribution in [2.45, 2.75) is 20.0 Å². The highest BCUT2D eigenvalue weighted by Gasteiger charge is 2.13. The van der Waals surface area contributed by atoms with Crippen molar-refractivity contribution >= 4 is 5.69 Å². The summed E-state index contributed by atoms with van der Waals surface area (Å²) in [5.41, 5.74) is 1.58. The molecule has 1 aromatic heterocycles. The number of nitrogens with one attached hydrogen (secondary N) is 1. The average Bonchev–Trinajstić information content (AvgIpc) is 2.89. The fourth-order valence-electron chi connectivity index (χ4n) is 2.11. The molecule has 0 radical (unpaired) electrons. The van der Waals surface area contributed by atoms with Gasteiger partial charge in [-0.15, -0.1) is 0 Å². The predicted molar refractivity (Wildman–Crippen MR) is 74.6 cm³/mol. The molecule has 0 aliphatic rings. The van der Waals surface area contributed by atoms with E-state index in [-0.39, 0.29) is 5.82 Å². The van der Waals surface area contributed by atoms with Gasteiger partial charge in [0.1, 0.15) is 11.6 Å². The molecule has 19 heavy (non-hydrogen) atoms. The third-order valence-electron chi connectivity index (χ3n) is 2.99. The fourth-order valence-corrected chi connectivity index (χ4v) is 2.11. The van der Waals surface area contributed by atoms with Crippen LogP contribution in [0.3, 0.4) is 0 Å². The highest BCUT2D eigenvalue weighted by molar-refractivity contribution is 5.54. The van der Waals surface area contributed by atoms with Crippen LogP contribution in [-0.4, -0.2) is 13.6 Å². The molecule has 0 saturated heterocycles. The van der Waals surface area contributed by atoms with Gasteiger partial charge in [0.05, 0.1) is 18.5 Å². The first-order chi connectivity index (χ1) is 9.22. The van der Waals surface area contributed by atoms with E-state index in [1.807, 2.05) is 37.1 Å². The zero-order valence-electron chi connectivity index (χ0n) is 11.3. The highest BCUT2D eigenvalue weighted by Crippen LogP contribution is 2.25. The third-order valence-corrected chi connectivity index (χ3v) is 2.99. The van der Waals surface area contributed by atoms with E-state index in [2.05, 4.69) is 5.32 Å². The van der Waals surface area contributed by atoms with Gasteiger partial charge in [-0.3, -0.25) is 0 Å². The molecule has 0 bridgehead atoms. The SMILES string of the molecule is CCNCc1cccc(F)c1N(C)Cc1ccco1. The predicted octanol–water partition coefficient (Wildman–Crippen LogP) is 3.16. The van der Waals surface area contributed by atoms with E-state index in [0.717, 1.165) is 17.9 Å². The zero-order chi connectivity index (χ0) is 13.7. The molecule has 2 rings (SSSR count). The molecule has 0 fully saturated rings.